The highest BCUT2D eigenvalue weighted by Crippen LogP contribution is 2.40. The molecule has 1 aliphatic carbocycles. The van der Waals surface area contributed by atoms with Crippen LogP contribution < -0.4 is 5.32 Å². The maximum absolute atomic E-state index is 11.9. The number of hydrogen-bond donors (Lipinski definition) is 2. The van der Waals surface area contributed by atoms with Crippen LogP contribution in [0.15, 0.2) is 18.2 Å². The van der Waals surface area contributed by atoms with Crippen LogP contribution in [0.4, 0.5) is 0 Å². The molecule has 0 radical (unpaired) electrons. The summed E-state index contributed by atoms with van der Waals surface area (Å²) >= 11 is 0. The summed E-state index contributed by atoms with van der Waals surface area (Å²) in [6.45, 7) is 2.62. The van der Waals surface area contributed by atoms with Gasteiger partial charge in [-0.3, -0.25) is 4.79 Å². The van der Waals surface area contributed by atoms with E-state index < -0.39 is 5.97 Å². The van der Waals surface area contributed by atoms with Gasteiger partial charge in [0, 0.05) is 12.5 Å². The molecule has 3 rings (SSSR count). The van der Waals surface area contributed by atoms with Crippen molar-refractivity contribution in [2.24, 2.45) is 0 Å². The maximum Gasteiger partial charge on any atom is 0.335 e. The normalized spacial score (nSPS) is 14.3. The van der Waals surface area contributed by atoms with Crippen LogP contribution in [0.2, 0.25) is 0 Å². The lowest BCUT2D eigenvalue weighted by atomic mass is 10.2. The zero-order valence-corrected chi connectivity index (χ0v) is 11.8. The van der Waals surface area contributed by atoms with Gasteiger partial charge in [-0.15, -0.1) is 0 Å². The van der Waals surface area contributed by atoms with Crippen molar-refractivity contribution in [1.29, 1.82) is 0 Å². The second-order valence-corrected chi connectivity index (χ2v) is 5.29. The number of hydrogen-bond acceptors (Lipinski definition) is 3. The largest absolute Gasteiger partial charge is 0.478 e. The summed E-state index contributed by atoms with van der Waals surface area (Å²) in [5.41, 5.74) is 1.66. The van der Waals surface area contributed by atoms with Crippen molar-refractivity contribution in [2.75, 3.05) is 6.54 Å². The van der Waals surface area contributed by atoms with Gasteiger partial charge in [0.1, 0.15) is 12.4 Å². The summed E-state index contributed by atoms with van der Waals surface area (Å²) in [4.78, 5) is 27.6. The number of carbonyl (C=O) groups is 2. The van der Waals surface area contributed by atoms with Crippen LogP contribution in [-0.2, 0) is 11.3 Å². The molecular weight excluding hydrogens is 270 g/mol. The van der Waals surface area contributed by atoms with Crippen LogP contribution in [-0.4, -0.2) is 33.1 Å². The van der Waals surface area contributed by atoms with Crippen molar-refractivity contribution in [2.45, 2.75) is 32.2 Å². The number of likely N-dealkylation sites (N-methyl/N-ethyl adjacent to an activating group) is 1. The number of imidazole rings is 1. The van der Waals surface area contributed by atoms with Crippen molar-refractivity contribution in [3.05, 3.63) is 29.6 Å². The Bertz CT molecular complexity index is 716. The molecule has 1 heterocycles. The third-order valence-corrected chi connectivity index (χ3v) is 3.64. The van der Waals surface area contributed by atoms with E-state index in [4.69, 9.17) is 5.11 Å². The summed E-state index contributed by atoms with van der Waals surface area (Å²) in [7, 11) is 0. The minimum Gasteiger partial charge on any atom is -0.478 e. The fourth-order valence-electron chi connectivity index (χ4n) is 2.49. The molecule has 1 fully saturated rings. The van der Waals surface area contributed by atoms with Crippen molar-refractivity contribution in [3.8, 4) is 0 Å². The predicted octanol–water partition coefficient (Wildman–Crippen LogP) is 1.75. The number of amides is 1. The number of carboxylic acids is 1. The number of nitrogens with zero attached hydrogens (tertiary/aromatic N) is 2. The zero-order valence-electron chi connectivity index (χ0n) is 11.8. The topological polar surface area (TPSA) is 84.2 Å². The third kappa shape index (κ3) is 2.61. The Morgan fingerprint density at radius 3 is 2.81 bits per heavy atom. The molecule has 0 spiro atoms. The van der Waals surface area contributed by atoms with Crippen LogP contribution in [0.1, 0.15) is 41.9 Å². The number of rotatable bonds is 5. The first kappa shape index (κ1) is 13.6. The highest BCUT2D eigenvalue weighted by molar-refractivity contribution is 5.93. The van der Waals surface area contributed by atoms with Crippen LogP contribution >= 0.6 is 0 Å². The minimum atomic E-state index is -0.976. The highest BCUT2D eigenvalue weighted by atomic mass is 16.4. The van der Waals surface area contributed by atoms with E-state index in [1.54, 1.807) is 18.2 Å². The fourth-order valence-corrected chi connectivity index (χ4v) is 2.49. The van der Waals surface area contributed by atoms with E-state index in [1.807, 2.05) is 11.5 Å². The van der Waals surface area contributed by atoms with Gasteiger partial charge in [0.25, 0.3) is 0 Å². The summed E-state index contributed by atoms with van der Waals surface area (Å²) in [6.07, 6.45) is 2.15. The SMILES string of the molecule is CCNC(=O)Cn1c(C2CC2)nc2ccc(C(=O)O)cc21. The molecule has 0 bridgehead atoms. The smallest absolute Gasteiger partial charge is 0.335 e. The molecule has 1 amide bonds. The van der Waals surface area contributed by atoms with Crippen LogP contribution in [0.5, 0.6) is 0 Å². The van der Waals surface area contributed by atoms with Gasteiger partial charge in [-0.05, 0) is 38.0 Å². The highest BCUT2D eigenvalue weighted by Gasteiger charge is 2.30. The van der Waals surface area contributed by atoms with Gasteiger partial charge >= 0.3 is 5.97 Å². The molecule has 2 aromatic rings. The summed E-state index contributed by atoms with van der Waals surface area (Å²) in [6, 6.07) is 4.85. The van der Waals surface area contributed by atoms with Gasteiger partial charge in [0.2, 0.25) is 5.91 Å². The molecule has 6 heteroatoms. The Morgan fingerprint density at radius 1 is 1.43 bits per heavy atom. The first-order valence-electron chi connectivity index (χ1n) is 7.10. The lowest BCUT2D eigenvalue weighted by Crippen LogP contribution is -2.27. The van der Waals surface area contributed by atoms with E-state index >= 15 is 0 Å². The quantitative estimate of drug-likeness (QED) is 0.877. The Labute approximate surface area is 121 Å². The molecule has 6 nitrogen and oxygen atoms in total. The van der Waals surface area contributed by atoms with Gasteiger partial charge in [0.15, 0.2) is 0 Å². The van der Waals surface area contributed by atoms with Crippen LogP contribution in [0, 0.1) is 0 Å². The lowest BCUT2D eigenvalue weighted by Gasteiger charge is -2.08. The molecular formula is C15H17N3O3. The second-order valence-electron chi connectivity index (χ2n) is 5.29. The van der Waals surface area contributed by atoms with E-state index in [0.29, 0.717) is 18.0 Å². The predicted molar refractivity (Wildman–Crippen MR) is 77.4 cm³/mol. The molecule has 1 aliphatic rings. The average molecular weight is 287 g/mol. The van der Waals surface area contributed by atoms with E-state index in [0.717, 1.165) is 24.2 Å². The standard InChI is InChI=1S/C15H17N3O3/c1-2-16-13(19)8-18-12-7-10(15(20)21)5-6-11(12)17-14(18)9-3-4-9/h5-7,9H,2-4,8H2,1H3,(H,16,19)(H,20,21). The Balaban J connectivity index is 2.07. The molecule has 0 atom stereocenters. The number of benzene rings is 1. The summed E-state index contributed by atoms with van der Waals surface area (Å²) < 4.78 is 1.85. The van der Waals surface area contributed by atoms with Gasteiger partial charge in [-0.2, -0.15) is 0 Å². The fraction of sp³-hybridized carbons (Fsp3) is 0.400. The number of carbonyl (C=O) groups excluding carboxylic acids is 1. The Morgan fingerprint density at radius 2 is 2.19 bits per heavy atom. The molecule has 21 heavy (non-hydrogen) atoms. The van der Waals surface area contributed by atoms with Crippen LogP contribution in [0.25, 0.3) is 11.0 Å². The third-order valence-electron chi connectivity index (χ3n) is 3.64. The van der Waals surface area contributed by atoms with Gasteiger partial charge in [-0.25, -0.2) is 9.78 Å². The van der Waals surface area contributed by atoms with Gasteiger partial charge in [0.05, 0.1) is 16.6 Å². The first-order valence-corrected chi connectivity index (χ1v) is 7.10. The van der Waals surface area contributed by atoms with Crippen molar-refractivity contribution < 1.29 is 14.7 Å². The molecule has 2 N–H and O–H groups in total. The van der Waals surface area contributed by atoms with Gasteiger partial charge < -0.3 is 15.0 Å². The van der Waals surface area contributed by atoms with Crippen LogP contribution in [0.3, 0.4) is 0 Å². The Hall–Kier alpha value is -2.37. The molecule has 1 aromatic heterocycles. The monoisotopic (exact) mass is 287 g/mol. The van der Waals surface area contributed by atoms with E-state index in [-0.39, 0.29) is 18.0 Å². The molecule has 0 saturated heterocycles. The summed E-state index contributed by atoms with van der Waals surface area (Å²) in [5, 5.41) is 11.9. The molecule has 110 valence electrons. The van der Waals surface area contributed by atoms with Crippen molar-refractivity contribution in [1.82, 2.24) is 14.9 Å². The zero-order chi connectivity index (χ0) is 15.0. The number of carboxylic acid groups (broad SMARTS) is 1. The summed E-state index contributed by atoms with van der Waals surface area (Å²) in [5.74, 6) is 0.217. The van der Waals surface area contributed by atoms with Gasteiger partial charge in [-0.1, -0.05) is 0 Å². The number of aromatic carboxylic acids is 1. The van der Waals surface area contributed by atoms with E-state index in [2.05, 4.69) is 10.3 Å². The minimum absolute atomic E-state index is 0.0839. The average Bonchev–Trinajstić information content (AvgIpc) is 3.23. The van der Waals surface area contributed by atoms with Crippen molar-refractivity contribution in [3.63, 3.8) is 0 Å². The number of aromatic nitrogens is 2. The first-order chi connectivity index (χ1) is 10.1. The lowest BCUT2D eigenvalue weighted by molar-refractivity contribution is -0.121. The maximum atomic E-state index is 11.9. The number of fused-ring (bicyclic) bond motifs is 1. The molecule has 0 aliphatic heterocycles. The Kier molecular flexibility index (Phi) is 3.37. The van der Waals surface area contributed by atoms with E-state index in [9.17, 15) is 9.59 Å². The second kappa shape index (κ2) is 5.20. The number of nitrogens with one attached hydrogen (secondary N) is 1. The van der Waals surface area contributed by atoms with E-state index in [1.165, 1.54) is 0 Å². The molecule has 1 aromatic carbocycles. The molecule has 1 saturated carbocycles. The van der Waals surface area contributed by atoms with Crippen molar-refractivity contribution >= 4 is 22.9 Å². The molecule has 0 unspecified atom stereocenters.